The number of carbonyl (C=O) groups excluding carboxylic acids is 2. The van der Waals surface area contributed by atoms with Gasteiger partial charge in [-0.25, -0.2) is 0 Å². The molecule has 0 fully saturated rings. The van der Waals surface area contributed by atoms with E-state index >= 15 is 0 Å². The van der Waals surface area contributed by atoms with E-state index in [0.29, 0.717) is 12.8 Å². The number of aliphatic hydroxyl groups excluding tert-OH is 1. The van der Waals surface area contributed by atoms with Crippen molar-refractivity contribution in [3.63, 3.8) is 0 Å². The fourth-order valence-electron chi connectivity index (χ4n) is 5.62. The molecular weight excluding hydrogens is 536 g/mol. The van der Waals surface area contributed by atoms with Crippen LogP contribution in [0, 0.1) is 5.92 Å². The van der Waals surface area contributed by atoms with Crippen molar-refractivity contribution < 1.29 is 24.2 Å². The van der Waals surface area contributed by atoms with E-state index < -0.39 is 6.10 Å². The third-order valence-corrected chi connectivity index (χ3v) is 8.52. The zero-order valence-electron chi connectivity index (χ0n) is 29.2. The zero-order valence-corrected chi connectivity index (χ0v) is 29.2. The van der Waals surface area contributed by atoms with Gasteiger partial charge >= 0.3 is 11.9 Å². The van der Waals surface area contributed by atoms with E-state index in [0.717, 1.165) is 38.0 Å². The lowest BCUT2D eigenvalue weighted by molar-refractivity contribution is -0.152. The van der Waals surface area contributed by atoms with Crippen LogP contribution >= 0.6 is 0 Å². The summed E-state index contributed by atoms with van der Waals surface area (Å²) in [4.78, 5) is 23.8. The molecule has 43 heavy (non-hydrogen) atoms. The van der Waals surface area contributed by atoms with E-state index in [1.807, 2.05) is 0 Å². The summed E-state index contributed by atoms with van der Waals surface area (Å²) in [6, 6.07) is 0. The molecule has 0 saturated heterocycles. The van der Waals surface area contributed by atoms with Crippen molar-refractivity contribution in [2.45, 2.75) is 213 Å². The molecule has 0 rings (SSSR count). The standard InChI is InChI=1S/C38H74O5/c1-4-5-6-7-8-9-10-11-12-13-14-15-16-17-18-22-25-28-31-37(40)42-33-36(39)34-43-38(41)32-29-26-23-20-19-21-24-27-30-35(2)3/h35-36,39H,4-34H2,1-3H3/t36-/m0/s1. The van der Waals surface area contributed by atoms with Crippen molar-refractivity contribution in [2.75, 3.05) is 13.2 Å². The lowest BCUT2D eigenvalue weighted by atomic mass is 10.0. The number of ether oxygens (including phenoxy) is 2. The Morgan fingerprint density at radius 1 is 0.465 bits per heavy atom. The molecule has 0 saturated carbocycles. The second-order valence-corrected chi connectivity index (χ2v) is 13.5. The highest BCUT2D eigenvalue weighted by Gasteiger charge is 2.12. The summed E-state index contributed by atoms with van der Waals surface area (Å²) in [5.74, 6) is 0.253. The van der Waals surface area contributed by atoms with Crippen LogP contribution < -0.4 is 0 Å². The van der Waals surface area contributed by atoms with Crippen molar-refractivity contribution in [3.05, 3.63) is 0 Å². The third-order valence-electron chi connectivity index (χ3n) is 8.52. The second-order valence-electron chi connectivity index (χ2n) is 13.5. The molecule has 0 radical (unpaired) electrons. The average molecular weight is 611 g/mol. The largest absolute Gasteiger partial charge is 0.463 e. The Labute approximate surface area is 268 Å². The van der Waals surface area contributed by atoms with Crippen LogP contribution in [-0.4, -0.2) is 36.4 Å². The lowest BCUT2D eigenvalue weighted by Crippen LogP contribution is -2.25. The summed E-state index contributed by atoms with van der Waals surface area (Å²) in [6.07, 6.45) is 34.5. The van der Waals surface area contributed by atoms with E-state index in [9.17, 15) is 14.7 Å². The molecule has 0 unspecified atom stereocenters. The van der Waals surface area contributed by atoms with Gasteiger partial charge in [-0.2, -0.15) is 0 Å². The number of aliphatic hydroxyl groups is 1. The summed E-state index contributed by atoms with van der Waals surface area (Å²) in [7, 11) is 0. The predicted molar refractivity (Wildman–Crippen MR) is 182 cm³/mol. The predicted octanol–water partition coefficient (Wildman–Crippen LogP) is 11.4. The molecule has 256 valence electrons. The van der Waals surface area contributed by atoms with E-state index in [1.54, 1.807) is 0 Å². The summed E-state index contributed by atoms with van der Waals surface area (Å²) in [5.41, 5.74) is 0. The SMILES string of the molecule is CCCCCCCCCCCCCCCCCCCCC(=O)OC[C@H](O)COC(=O)CCCCCCCCCCC(C)C. The van der Waals surface area contributed by atoms with Gasteiger partial charge in [0.1, 0.15) is 19.3 Å². The number of esters is 2. The van der Waals surface area contributed by atoms with Crippen molar-refractivity contribution in [3.8, 4) is 0 Å². The first kappa shape index (κ1) is 41.9. The topological polar surface area (TPSA) is 72.8 Å². The van der Waals surface area contributed by atoms with Crippen molar-refractivity contribution in [2.24, 2.45) is 5.92 Å². The number of hydrogen-bond donors (Lipinski definition) is 1. The van der Waals surface area contributed by atoms with Gasteiger partial charge in [0.25, 0.3) is 0 Å². The van der Waals surface area contributed by atoms with Crippen molar-refractivity contribution in [1.82, 2.24) is 0 Å². The van der Waals surface area contributed by atoms with Crippen LogP contribution in [0.5, 0.6) is 0 Å². The number of unbranched alkanes of at least 4 members (excludes halogenated alkanes) is 24. The molecule has 0 aliphatic heterocycles. The molecule has 1 N–H and O–H groups in total. The first-order valence-corrected chi connectivity index (χ1v) is 18.9. The molecule has 0 aromatic heterocycles. The molecule has 0 aromatic carbocycles. The maximum absolute atomic E-state index is 11.9. The Bertz CT molecular complexity index is 591. The van der Waals surface area contributed by atoms with Crippen molar-refractivity contribution in [1.29, 1.82) is 0 Å². The molecule has 0 aliphatic rings. The van der Waals surface area contributed by atoms with Gasteiger partial charge in [0.15, 0.2) is 0 Å². The highest BCUT2D eigenvalue weighted by Crippen LogP contribution is 2.15. The fraction of sp³-hybridized carbons (Fsp3) is 0.947. The van der Waals surface area contributed by atoms with Gasteiger partial charge in [-0.3, -0.25) is 9.59 Å². The Morgan fingerprint density at radius 2 is 0.744 bits per heavy atom. The van der Waals surface area contributed by atoms with Crippen LogP contribution in [0.3, 0.4) is 0 Å². The molecule has 1 atom stereocenters. The maximum atomic E-state index is 11.9. The Kier molecular flexibility index (Phi) is 32.9. The Hall–Kier alpha value is -1.10. The molecule has 0 heterocycles. The monoisotopic (exact) mass is 611 g/mol. The quantitative estimate of drug-likeness (QED) is 0.0579. The molecule has 0 aliphatic carbocycles. The molecule has 0 spiro atoms. The van der Waals surface area contributed by atoms with Gasteiger partial charge in [-0.05, 0) is 18.8 Å². The van der Waals surface area contributed by atoms with Crippen LogP contribution in [0.15, 0.2) is 0 Å². The van der Waals surface area contributed by atoms with Gasteiger partial charge in [-0.15, -0.1) is 0 Å². The highest BCUT2D eigenvalue weighted by atomic mass is 16.6. The van der Waals surface area contributed by atoms with Crippen LogP contribution in [0.25, 0.3) is 0 Å². The van der Waals surface area contributed by atoms with Gasteiger partial charge in [-0.1, -0.05) is 181 Å². The fourth-order valence-corrected chi connectivity index (χ4v) is 5.62. The zero-order chi connectivity index (χ0) is 31.6. The molecule has 0 bridgehead atoms. The Balaban J connectivity index is 3.37. The summed E-state index contributed by atoms with van der Waals surface area (Å²) >= 11 is 0. The average Bonchev–Trinajstić information content (AvgIpc) is 2.99. The normalized spacial score (nSPS) is 12.1. The highest BCUT2D eigenvalue weighted by molar-refractivity contribution is 5.69. The van der Waals surface area contributed by atoms with E-state index in [1.165, 1.54) is 141 Å². The van der Waals surface area contributed by atoms with Crippen LogP contribution in [0.4, 0.5) is 0 Å². The van der Waals surface area contributed by atoms with Crippen molar-refractivity contribution >= 4 is 11.9 Å². The van der Waals surface area contributed by atoms with E-state index in [2.05, 4.69) is 20.8 Å². The van der Waals surface area contributed by atoms with Gasteiger partial charge in [0, 0.05) is 12.8 Å². The van der Waals surface area contributed by atoms with E-state index in [-0.39, 0.29) is 25.2 Å². The summed E-state index contributed by atoms with van der Waals surface area (Å²) in [5, 5.41) is 9.98. The Morgan fingerprint density at radius 3 is 1.05 bits per heavy atom. The minimum absolute atomic E-state index is 0.109. The van der Waals surface area contributed by atoms with Gasteiger partial charge in [0.05, 0.1) is 0 Å². The molecule has 0 aromatic rings. The number of hydrogen-bond acceptors (Lipinski definition) is 5. The van der Waals surface area contributed by atoms with Crippen LogP contribution in [0.2, 0.25) is 0 Å². The number of carbonyl (C=O) groups is 2. The summed E-state index contributed by atoms with van der Waals surface area (Å²) < 4.78 is 10.3. The van der Waals surface area contributed by atoms with Crippen LogP contribution in [0.1, 0.15) is 207 Å². The maximum Gasteiger partial charge on any atom is 0.305 e. The second kappa shape index (κ2) is 33.8. The smallest absolute Gasteiger partial charge is 0.305 e. The minimum Gasteiger partial charge on any atom is -0.463 e. The third kappa shape index (κ3) is 35.3. The van der Waals surface area contributed by atoms with E-state index in [4.69, 9.17) is 9.47 Å². The summed E-state index contributed by atoms with van der Waals surface area (Å²) in [6.45, 7) is 6.63. The minimum atomic E-state index is -0.955. The van der Waals surface area contributed by atoms with Gasteiger partial charge in [0.2, 0.25) is 0 Å². The molecule has 5 nitrogen and oxygen atoms in total. The number of rotatable bonds is 34. The molecular formula is C38H74O5. The molecule has 0 amide bonds. The van der Waals surface area contributed by atoms with Gasteiger partial charge < -0.3 is 14.6 Å². The molecule has 5 heteroatoms. The first-order valence-electron chi connectivity index (χ1n) is 18.9. The lowest BCUT2D eigenvalue weighted by Gasteiger charge is -2.12. The van der Waals surface area contributed by atoms with Crippen LogP contribution in [-0.2, 0) is 19.1 Å². The first-order chi connectivity index (χ1) is 21.0.